The number of nitrogens with one attached hydrogen (secondary N) is 1. The van der Waals surface area contributed by atoms with E-state index in [9.17, 15) is 8.42 Å². The van der Waals surface area contributed by atoms with Crippen LogP contribution in [0.4, 0.5) is 5.69 Å². The topological polar surface area (TPSA) is 46.2 Å². The first kappa shape index (κ1) is 13.1. The number of hydrogen-bond acceptors (Lipinski definition) is 3. The molecule has 1 aromatic rings. The van der Waals surface area contributed by atoms with Gasteiger partial charge in [0.1, 0.15) is 0 Å². The van der Waals surface area contributed by atoms with Crippen molar-refractivity contribution in [2.75, 3.05) is 18.1 Å². The number of allylic oxidation sites excluding steroid dienone is 1. The molecule has 18 heavy (non-hydrogen) atoms. The predicted octanol–water partition coefficient (Wildman–Crippen LogP) is 2.61. The molecule has 0 radical (unpaired) electrons. The van der Waals surface area contributed by atoms with Gasteiger partial charge in [-0.3, -0.25) is 0 Å². The van der Waals surface area contributed by atoms with E-state index in [0.717, 1.165) is 23.7 Å². The molecule has 0 bridgehead atoms. The van der Waals surface area contributed by atoms with Gasteiger partial charge in [0.25, 0.3) is 0 Å². The third-order valence-corrected chi connectivity index (χ3v) is 3.71. The average Bonchev–Trinajstić information content (AvgIpc) is 3.08. The quantitative estimate of drug-likeness (QED) is 0.804. The fourth-order valence-corrected chi connectivity index (χ4v) is 2.64. The van der Waals surface area contributed by atoms with Crippen molar-refractivity contribution >= 4 is 15.5 Å². The Morgan fingerprint density at radius 3 is 2.72 bits per heavy atom. The molecule has 1 N–H and O–H groups in total. The Kier molecular flexibility index (Phi) is 4.07. The van der Waals surface area contributed by atoms with Crippen LogP contribution in [-0.4, -0.2) is 21.2 Å². The van der Waals surface area contributed by atoms with E-state index in [0.29, 0.717) is 0 Å². The summed E-state index contributed by atoms with van der Waals surface area (Å²) in [6.07, 6.45) is 8.22. The molecular formula is C14H19NO2S. The summed E-state index contributed by atoms with van der Waals surface area (Å²) >= 11 is 0. The van der Waals surface area contributed by atoms with Crippen molar-refractivity contribution in [3.05, 3.63) is 42.0 Å². The van der Waals surface area contributed by atoms with Crippen molar-refractivity contribution in [2.24, 2.45) is 5.92 Å². The molecule has 0 heterocycles. The number of benzene rings is 1. The van der Waals surface area contributed by atoms with Gasteiger partial charge in [-0.1, -0.05) is 30.4 Å². The van der Waals surface area contributed by atoms with Crippen LogP contribution in [0.1, 0.15) is 18.4 Å². The Bertz CT molecular complexity index is 530. The van der Waals surface area contributed by atoms with Gasteiger partial charge >= 0.3 is 0 Å². The van der Waals surface area contributed by atoms with E-state index in [4.69, 9.17) is 0 Å². The van der Waals surface area contributed by atoms with Gasteiger partial charge in [0.05, 0.1) is 5.75 Å². The summed E-state index contributed by atoms with van der Waals surface area (Å²) in [4.78, 5) is 0. The molecule has 0 amide bonds. The highest BCUT2D eigenvalue weighted by Gasteiger charge is 2.16. The first-order valence-corrected chi connectivity index (χ1v) is 8.27. The maximum absolute atomic E-state index is 11.3. The third-order valence-electron chi connectivity index (χ3n) is 2.88. The number of para-hydroxylation sites is 1. The molecule has 2 rings (SSSR count). The van der Waals surface area contributed by atoms with Gasteiger partial charge in [0.2, 0.25) is 0 Å². The van der Waals surface area contributed by atoms with Crippen LogP contribution in [0.2, 0.25) is 0 Å². The summed E-state index contributed by atoms with van der Waals surface area (Å²) < 4.78 is 22.7. The highest BCUT2D eigenvalue weighted by atomic mass is 32.2. The van der Waals surface area contributed by atoms with Gasteiger partial charge in [0, 0.05) is 18.5 Å². The number of anilines is 1. The van der Waals surface area contributed by atoms with Crippen molar-refractivity contribution in [1.29, 1.82) is 0 Å². The number of sulfone groups is 1. The highest BCUT2D eigenvalue weighted by Crippen LogP contribution is 2.29. The molecule has 1 aromatic carbocycles. The number of hydrogen-bond donors (Lipinski definition) is 1. The third kappa shape index (κ3) is 4.53. The lowest BCUT2D eigenvalue weighted by Gasteiger charge is -2.09. The standard InChI is InChI=1S/C14H19NO2S/c1-18(16,17)11-13-6-2-3-7-14(13)15-10-4-5-12-8-9-12/h2-7,12,15H,8-11H2,1H3/b5-4+. The van der Waals surface area contributed by atoms with Crippen molar-refractivity contribution < 1.29 is 8.42 Å². The first-order chi connectivity index (χ1) is 8.54. The van der Waals surface area contributed by atoms with Crippen LogP contribution in [-0.2, 0) is 15.6 Å². The zero-order valence-electron chi connectivity index (χ0n) is 10.6. The highest BCUT2D eigenvalue weighted by molar-refractivity contribution is 7.89. The van der Waals surface area contributed by atoms with Crippen LogP contribution in [0.3, 0.4) is 0 Å². The van der Waals surface area contributed by atoms with Gasteiger partial charge in [0.15, 0.2) is 9.84 Å². The normalized spacial score (nSPS) is 16.1. The van der Waals surface area contributed by atoms with Crippen LogP contribution in [0.25, 0.3) is 0 Å². The molecule has 0 aliphatic heterocycles. The molecule has 4 heteroatoms. The Balaban J connectivity index is 1.97. The van der Waals surface area contributed by atoms with E-state index in [1.807, 2.05) is 24.3 Å². The number of rotatable bonds is 6. The molecule has 1 aliphatic rings. The Labute approximate surface area is 109 Å². The Hall–Kier alpha value is -1.29. The molecular weight excluding hydrogens is 246 g/mol. The second-order valence-corrected chi connectivity index (χ2v) is 7.01. The summed E-state index contributed by atoms with van der Waals surface area (Å²) in [5.41, 5.74) is 1.74. The van der Waals surface area contributed by atoms with E-state index in [1.54, 1.807) is 0 Å². The molecule has 1 fully saturated rings. The fraction of sp³-hybridized carbons (Fsp3) is 0.429. The predicted molar refractivity (Wildman–Crippen MR) is 75.3 cm³/mol. The molecule has 0 saturated heterocycles. The van der Waals surface area contributed by atoms with Gasteiger partial charge < -0.3 is 5.32 Å². The summed E-state index contributed by atoms with van der Waals surface area (Å²) in [5.74, 6) is 0.862. The van der Waals surface area contributed by atoms with Crippen molar-refractivity contribution in [3.63, 3.8) is 0 Å². The lowest BCUT2D eigenvalue weighted by molar-refractivity contribution is 0.601. The van der Waals surface area contributed by atoms with Gasteiger partial charge in [-0.05, 0) is 30.4 Å². The largest absolute Gasteiger partial charge is 0.381 e. The van der Waals surface area contributed by atoms with Crippen LogP contribution < -0.4 is 5.32 Å². The molecule has 0 atom stereocenters. The second kappa shape index (κ2) is 5.57. The van der Waals surface area contributed by atoms with Crippen LogP contribution in [0, 0.1) is 5.92 Å². The zero-order chi connectivity index (χ0) is 13.0. The van der Waals surface area contributed by atoms with Gasteiger partial charge in [-0.25, -0.2) is 8.42 Å². The molecule has 0 unspecified atom stereocenters. The fourth-order valence-electron chi connectivity index (χ4n) is 1.82. The van der Waals surface area contributed by atoms with Crippen molar-refractivity contribution in [3.8, 4) is 0 Å². The SMILES string of the molecule is CS(=O)(=O)Cc1ccccc1NC/C=C/C1CC1. The van der Waals surface area contributed by atoms with Crippen LogP contribution in [0.5, 0.6) is 0 Å². The van der Waals surface area contributed by atoms with E-state index in [-0.39, 0.29) is 5.75 Å². The minimum Gasteiger partial charge on any atom is -0.381 e. The summed E-state index contributed by atoms with van der Waals surface area (Å²) in [5, 5.41) is 3.27. The molecule has 3 nitrogen and oxygen atoms in total. The Morgan fingerprint density at radius 2 is 2.06 bits per heavy atom. The molecule has 1 saturated carbocycles. The van der Waals surface area contributed by atoms with Crippen LogP contribution in [0.15, 0.2) is 36.4 Å². The smallest absolute Gasteiger partial charge is 0.151 e. The molecule has 1 aliphatic carbocycles. The molecule has 98 valence electrons. The van der Waals surface area contributed by atoms with Crippen molar-refractivity contribution in [1.82, 2.24) is 0 Å². The molecule has 0 spiro atoms. The lowest BCUT2D eigenvalue weighted by atomic mass is 10.2. The first-order valence-electron chi connectivity index (χ1n) is 6.21. The zero-order valence-corrected chi connectivity index (χ0v) is 11.4. The van der Waals surface area contributed by atoms with Gasteiger partial charge in [-0.15, -0.1) is 0 Å². The summed E-state index contributed by atoms with van der Waals surface area (Å²) in [6, 6.07) is 7.56. The van der Waals surface area contributed by atoms with Crippen LogP contribution >= 0.6 is 0 Å². The Morgan fingerprint density at radius 1 is 1.33 bits per heavy atom. The maximum Gasteiger partial charge on any atom is 0.151 e. The minimum absolute atomic E-state index is 0.0858. The van der Waals surface area contributed by atoms with E-state index < -0.39 is 9.84 Å². The minimum atomic E-state index is -2.99. The van der Waals surface area contributed by atoms with E-state index >= 15 is 0 Å². The van der Waals surface area contributed by atoms with Gasteiger partial charge in [-0.2, -0.15) is 0 Å². The lowest BCUT2D eigenvalue weighted by Crippen LogP contribution is -2.06. The monoisotopic (exact) mass is 265 g/mol. The van der Waals surface area contributed by atoms with E-state index in [2.05, 4.69) is 17.5 Å². The second-order valence-electron chi connectivity index (χ2n) is 4.87. The average molecular weight is 265 g/mol. The summed E-state index contributed by atoms with van der Waals surface area (Å²) in [6.45, 7) is 0.747. The van der Waals surface area contributed by atoms with Crippen molar-refractivity contribution in [2.45, 2.75) is 18.6 Å². The van der Waals surface area contributed by atoms with E-state index in [1.165, 1.54) is 19.1 Å². The summed E-state index contributed by atoms with van der Waals surface area (Å²) in [7, 11) is -2.99. The molecule has 0 aromatic heterocycles. The maximum atomic E-state index is 11.3.